The molecule has 0 aromatic heterocycles. The molecule has 0 radical (unpaired) electrons. The lowest BCUT2D eigenvalue weighted by Gasteiger charge is -2.28. The smallest absolute Gasteiger partial charge is 0.267 e. The number of rotatable bonds is 6. The Morgan fingerprint density at radius 1 is 1.25 bits per heavy atom. The van der Waals surface area contributed by atoms with Crippen LogP contribution >= 0.6 is 0 Å². The lowest BCUT2D eigenvalue weighted by molar-refractivity contribution is 0.200. The molecule has 0 aliphatic carbocycles. The summed E-state index contributed by atoms with van der Waals surface area (Å²) in [5.74, 6) is -0.645. The number of hydrogen-bond acceptors (Lipinski definition) is 4. The fourth-order valence-corrected chi connectivity index (χ4v) is 2.89. The van der Waals surface area contributed by atoms with Gasteiger partial charge in [0.2, 0.25) is 0 Å². The summed E-state index contributed by atoms with van der Waals surface area (Å²) in [6, 6.07) is 4.10. The summed E-state index contributed by atoms with van der Waals surface area (Å²) < 4.78 is 30.4. The summed E-state index contributed by atoms with van der Waals surface area (Å²) in [5, 5.41) is 9.80. The lowest BCUT2D eigenvalue weighted by atomic mass is 10.0. The van der Waals surface area contributed by atoms with Gasteiger partial charge in [0, 0.05) is 18.8 Å². The van der Waals surface area contributed by atoms with Crippen LogP contribution in [-0.4, -0.2) is 43.0 Å². The second kappa shape index (κ2) is 6.56. The van der Waals surface area contributed by atoms with Crippen molar-refractivity contribution in [3.8, 4) is 0 Å². The third kappa shape index (κ3) is 4.77. The maximum Gasteiger partial charge on any atom is 0.267 e. The van der Waals surface area contributed by atoms with Gasteiger partial charge in [-0.1, -0.05) is 6.07 Å². The summed E-state index contributed by atoms with van der Waals surface area (Å²) in [6.45, 7) is 8.78. The number of anilines is 1. The third-order valence-corrected chi connectivity index (χ3v) is 4.15. The van der Waals surface area contributed by atoms with Gasteiger partial charge in [-0.25, -0.2) is 0 Å². The highest BCUT2D eigenvalue weighted by Gasteiger charge is 2.18. The van der Waals surface area contributed by atoms with E-state index in [1.165, 1.54) is 0 Å². The molecule has 0 heterocycles. The maximum absolute atomic E-state index is 10.8. The molecule has 5 nitrogen and oxygen atoms in total. The Balaban J connectivity index is 2.97. The predicted octanol–water partition coefficient (Wildman–Crippen LogP) is 1.69. The van der Waals surface area contributed by atoms with Gasteiger partial charge in [-0.15, -0.1) is 0 Å². The van der Waals surface area contributed by atoms with E-state index in [4.69, 9.17) is 4.55 Å². The van der Waals surface area contributed by atoms with Crippen LogP contribution in [0.4, 0.5) is 5.69 Å². The number of nitrogens with zero attached hydrogens (tertiary/aromatic N) is 1. The molecule has 0 saturated heterocycles. The van der Waals surface area contributed by atoms with E-state index in [1.54, 1.807) is 0 Å². The van der Waals surface area contributed by atoms with Crippen molar-refractivity contribution in [3.63, 3.8) is 0 Å². The summed E-state index contributed by atoms with van der Waals surface area (Å²) in [5.41, 5.74) is 4.37. The first-order chi connectivity index (χ1) is 9.14. The predicted molar refractivity (Wildman–Crippen MR) is 81.0 cm³/mol. The average Bonchev–Trinajstić information content (AvgIpc) is 2.28. The second-order valence-electron chi connectivity index (χ2n) is 5.17. The minimum absolute atomic E-state index is 0.167. The molecule has 0 amide bonds. The van der Waals surface area contributed by atoms with Crippen LogP contribution in [-0.2, 0) is 10.1 Å². The molecule has 2 N–H and O–H groups in total. The van der Waals surface area contributed by atoms with Crippen LogP contribution in [0.3, 0.4) is 0 Å². The van der Waals surface area contributed by atoms with Gasteiger partial charge in [-0.3, -0.25) is 4.55 Å². The molecule has 0 fully saturated rings. The van der Waals surface area contributed by atoms with Crippen molar-refractivity contribution >= 4 is 15.8 Å². The number of aryl methyl sites for hydroxylation is 2. The standard InChI is InChI=1S/C14H23NO4S/c1-5-15(8-13(16)9-20(17,18)19)14-7-10(2)6-11(3)12(14)4/h6-7,13,16H,5,8-9H2,1-4H3,(H,17,18,19). The molecule has 0 aliphatic rings. The van der Waals surface area contributed by atoms with E-state index in [1.807, 2.05) is 38.7 Å². The molecule has 0 bridgehead atoms. The zero-order chi connectivity index (χ0) is 15.5. The van der Waals surface area contributed by atoms with Crippen LogP contribution in [0.5, 0.6) is 0 Å². The van der Waals surface area contributed by atoms with Gasteiger partial charge in [0.25, 0.3) is 10.1 Å². The number of hydrogen-bond donors (Lipinski definition) is 2. The zero-order valence-corrected chi connectivity index (χ0v) is 13.2. The van der Waals surface area contributed by atoms with E-state index >= 15 is 0 Å². The van der Waals surface area contributed by atoms with Crippen LogP contribution in [0, 0.1) is 20.8 Å². The van der Waals surface area contributed by atoms with Crippen molar-refractivity contribution in [1.29, 1.82) is 0 Å². The summed E-state index contributed by atoms with van der Waals surface area (Å²) in [4.78, 5) is 1.92. The molecule has 114 valence electrons. The monoisotopic (exact) mass is 301 g/mol. The van der Waals surface area contributed by atoms with E-state index < -0.39 is 22.0 Å². The highest BCUT2D eigenvalue weighted by molar-refractivity contribution is 7.85. The summed E-state index contributed by atoms with van der Waals surface area (Å²) in [7, 11) is -4.16. The van der Waals surface area contributed by atoms with Crippen molar-refractivity contribution < 1.29 is 18.1 Å². The quantitative estimate of drug-likeness (QED) is 0.782. The van der Waals surface area contributed by atoms with Crippen molar-refractivity contribution in [2.75, 3.05) is 23.7 Å². The fraction of sp³-hybridized carbons (Fsp3) is 0.571. The Labute approximate surface area is 121 Å². The van der Waals surface area contributed by atoms with Gasteiger partial charge in [0.05, 0.1) is 6.10 Å². The van der Waals surface area contributed by atoms with Crippen LogP contribution in [0.2, 0.25) is 0 Å². The van der Waals surface area contributed by atoms with Crippen molar-refractivity contribution in [1.82, 2.24) is 0 Å². The molecule has 1 unspecified atom stereocenters. The average molecular weight is 301 g/mol. The first-order valence-electron chi connectivity index (χ1n) is 6.60. The molecular formula is C14H23NO4S. The normalized spacial score (nSPS) is 13.3. The Morgan fingerprint density at radius 3 is 2.35 bits per heavy atom. The summed E-state index contributed by atoms with van der Waals surface area (Å²) in [6.07, 6.45) is -1.12. The van der Waals surface area contributed by atoms with E-state index in [2.05, 4.69) is 6.07 Å². The molecule has 1 aromatic carbocycles. The Kier molecular flexibility index (Phi) is 5.56. The second-order valence-corrected chi connectivity index (χ2v) is 6.66. The first kappa shape index (κ1) is 16.9. The van der Waals surface area contributed by atoms with Gasteiger partial charge < -0.3 is 10.0 Å². The Bertz CT molecular complexity index is 569. The van der Waals surface area contributed by atoms with Gasteiger partial charge in [0.1, 0.15) is 5.75 Å². The molecule has 1 rings (SSSR count). The summed E-state index contributed by atoms with van der Waals surface area (Å²) >= 11 is 0. The molecule has 1 atom stereocenters. The van der Waals surface area contributed by atoms with Crippen molar-refractivity contribution in [3.05, 3.63) is 28.8 Å². The van der Waals surface area contributed by atoms with E-state index in [9.17, 15) is 13.5 Å². The largest absolute Gasteiger partial charge is 0.390 e. The number of aliphatic hydroxyl groups excluding tert-OH is 1. The van der Waals surface area contributed by atoms with Gasteiger partial charge >= 0.3 is 0 Å². The molecule has 0 saturated carbocycles. The highest BCUT2D eigenvalue weighted by atomic mass is 32.2. The van der Waals surface area contributed by atoms with E-state index in [-0.39, 0.29) is 6.54 Å². The molecule has 6 heteroatoms. The minimum Gasteiger partial charge on any atom is -0.390 e. The topological polar surface area (TPSA) is 77.8 Å². The van der Waals surface area contributed by atoms with Crippen LogP contribution in [0.25, 0.3) is 0 Å². The SMILES string of the molecule is CCN(CC(O)CS(=O)(=O)O)c1cc(C)cc(C)c1C. The molecular weight excluding hydrogens is 278 g/mol. The van der Waals surface area contributed by atoms with Gasteiger partial charge in [-0.05, 0) is 50.5 Å². The minimum atomic E-state index is -4.16. The van der Waals surface area contributed by atoms with Crippen molar-refractivity contribution in [2.24, 2.45) is 0 Å². The lowest BCUT2D eigenvalue weighted by Crippen LogP contribution is -2.36. The van der Waals surface area contributed by atoms with E-state index in [0.717, 1.165) is 22.4 Å². The van der Waals surface area contributed by atoms with Crippen molar-refractivity contribution in [2.45, 2.75) is 33.8 Å². The third-order valence-electron chi connectivity index (χ3n) is 3.34. The van der Waals surface area contributed by atoms with Crippen LogP contribution in [0.1, 0.15) is 23.6 Å². The Morgan fingerprint density at radius 2 is 1.85 bits per heavy atom. The number of aliphatic hydroxyl groups is 1. The van der Waals surface area contributed by atoms with Gasteiger partial charge in [0.15, 0.2) is 0 Å². The first-order valence-corrected chi connectivity index (χ1v) is 8.21. The maximum atomic E-state index is 10.8. The van der Waals surface area contributed by atoms with E-state index in [0.29, 0.717) is 6.54 Å². The molecule has 0 spiro atoms. The zero-order valence-electron chi connectivity index (χ0n) is 12.4. The molecule has 1 aromatic rings. The van der Waals surface area contributed by atoms with Gasteiger partial charge in [-0.2, -0.15) is 8.42 Å². The fourth-order valence-electron chi connectivity index (χ4n) is 2.29. The number of likely N-dealkylation sites (N-methyl/N-ethyl adjacent to an activating group) is 1. The Hall–Kier alpha value is -1.11. The molecule has 0 aliphatic heterocycles. The van der Waals surface area contributed by atoms with Crippen LogP contribution in [0.15, 0.2) is 12.1 Å². The van der Waals surface area contributed by atoms with Crippen LogP contribution < -0.4 is 4.90 Å². The number of benzene rings is 1. The molecule has 20 heavy (non-hydrogen) atoms. The highest BCUT2D eigenvalue weighted by Crippen LogP contribution is 2.25.